The molecule has 3 aromatic carbocycles. The Hall–Kier alpha value is -3.14. The Morgan fingerprint density at radius 3 is 2.27 bits per heavy atom. The molecular weight excluding hydrogens is 329 g/mol. The van der Waals surface area contributed by atoms with Crippen molar-refractivity contribution < 1.29 is 13.9 Å². The lowest BCUT2D eigenvalue weighted by Gasteiger charge is -2.21. The third-order valence-corrected chi connectivity index (χ3v) is 4.30. The number of benzene rings is 3. The molecule has 1 atom stereocenters. The monoisotopic (exact) mass is 349 g/mol. The van der Waals surface area contributed by atoms with Crippen molar-refractivity contribution in [2.75, 3.05) is 7.11 Å². The molecule has 0 saturated carbocycles. The Bertz CT molecular complexity index is 892. The number of carbonyl (C=O) groups is 1. The first-order chi connectivity index (χ1) is 12.6. The van der Waals surface area contributed by atoms with E-state index in [4.69, 9.17) is 4.74 Å². The molecule has 0 aromatic heterocycles. The molecule has 4 heteroatoms. The molecular formula is C22H20FNO2. The summed E-state index contributed by atoms with van der Waals surface area (Å²) in [4.78, 5) is 12.8. The van der Waals surface area contributed by atoms with Crippen LogP contribution in [0.2, 0.25) is 0 Å². The van der Waals surface area contributed by atoms with Crippen LogP contribution >= 0.6 is 0 Å². The lowest BCUT2D eigenvalue weighted by molar-refractivity contribution is 0.0942. The van der Waals surface area contributed by atoms with Crippen molar-refractivity contribution >= 4 is 5.91 Å². The van der Waals surface area contributed by atoms with Crippen molar-refractivity contribution in [2.45, 2.75) is 13.0 Å². The second kappa shape index (κ2) is 7.83. The normalized spacial score (nSPS) is 11.7. The van der Waals surface area contributed by atoms with Gasteiger partial charge in [0.2, 0.25) is 0 Å². The van der Waals surface area contributed by atoms with Crippen molar-refractivity contribution in [1.82, 2.24) is 5.32 Å². The molecule has 3 rings (SSSR count). The third-order valence-electron chi connectivity index (χ3n) is 4.30. The van der Waals surface area contributed by atoms with Gasteiger partial charge < -0.3 is 10.1 Å². The zero-order valence-corrected chi connectivity index (χ0v) is 14.7. The summed E-state index contributed by atoms with van der Waals surface area (Å²) < 4.78 is 18.8. The van der Waals surface area contributed by atoms with E-state index in [1.54, 1.807) is 20.1 Å². The number of methoxy groups -OCH3 is 1. The van der Waals surface area contributed by atoms with E-state index < -0.39 is 5.82 Å². The van der Waals surface area contributed by atoms with Crippen molar-refractivity contribution in [3.05, 3.63) is 101 Å². The summed E-state index contributed by atoms with van der Waals surface area (Å²) in [6.45, 7) is 1.79. The van der Waals surface area contributed by atoms with Gasteiger partial charge in [-0.05, 0) is 47.9 Å². The molecule has 0 radical (unpaired) electrons. The van der Waals surface area contributed by atoms with Crippen LogP contribution in [0.25, 0.3) is 0 Å². The Labute approximate surface area is 152 Å². The van der Waals surface area contributed by atoms with Gasteiger partial charge >= 0.3 is 0 Å². The van der Waals surface area contributed by atoms with Crippen LogP contribution in [0.4, 0.5) is 4.39 Å². The second-order valence-electron chi connectivity index (χ2n) is 6.05. The molecule has 0 saturated heterocycles. The highest BCUT2D eigenvalue weighted by atomic mass is 19.1. The van der Waals surface area contributed by atoms with Crippen LogP contribution in [0.1, 0.15) is 33.1 Å². The fraction of sp³-hybridized carbons (Fsp3) is 0.136. The first-order valence-electron chi connectivity index (χ1n) is 8.34. The average Bonchev–Trinajstić information content (AvgIpc) is 2.68. The van der Waals surface area contributed by atoms with Crippen molar-refractivity contribution in [3.8, 4) is 5.75 Å². The van der Waals surface area contributed by atoms with Crippen LogP contribution in [-0.2, 0) is 0 Å². The standard InChI is InChI=1S/C22H20FNO2/c1-15-8-11-18(23)14-20(15)22(25)24-21(16-6-4-3-5-7-16)17-9-12-19(26-2)13-10-17/h3-14,21H,1-2H3,(H,24,25). The number of carbonyl (C=O) groups excluding carboxylic acids is 1. The van der Waals surface area contributed by atoms with Crippen molar-refractivity contribution in [3.63, 3.8) is 0 Å². The zero-order chi connectivity index (χ0) is 18.5. The number of hydrogen-bond acceptors (Lipinski definition) is 2. The maximum absolute atomic E-state index is 13.6. The molecule has 0 heterocycles. The summed E-state index contributed by atoms with van der Waals surface area (Å²) in [5, 5.41) is 3.02. The van der Waals surface area contributed by atoms with E-state index in [-0.39, 0.29) is 11.9 Å². The first-order valence-corrected chi connectivity index (χ1v) is 8.34. The van der Waals surface area contributed by atoms with E-state index in [1.807, 2.05) is 54.6 Å². The predicted octanol–water partition coefficient (Wildman–Crippen LogP) is 4.66. The highest BCUT2D eigenvalue weighted by molar-refractivity contribution is 5.96. The molecule has 0 spiro atoms. The molecule has 26 heavy (non-hydrogen) atoms. The molecule has 3 nitrogen and oxygen atoms in total. The van der Waals surface area contributed by atoms with Crippen LogP contribution < -0.4 is 10.1 Å². The maximum atomic E-state index is 13.6. The van der Waals surface area contributed by atoms with Gasteiger partial charge in [-0.25, -0.2) is 4.39 Å². The van der Waals surface area contributed by atoms with Gasteiger partial charge in [0.1, 0.15) is 11.6 Å². The Morgan fingerprint density at radius 2 is 1.62 bits per heavy atom. The largest absolute Gasteiger partial charge is 0.497 e. The minimum Gasteiger partial charge on any atom is -0.497 e. The minimum atomic E-state index is -0.429. The van der Waals surface area contributed by atoms with Crippen LogP contribution in [0.3, 0.4) is 0 Å². The van der Waals surface area contributed by atoms with Gasteiger partial charge in [-0.3, -0.25) is 4.79 Å². The SMILES string of the molecule is COc1ccc(C(NC(=O)c2cc(F)ccc2C)c2ccccc2)cc1. The number of ether oxygens (including phenoxy) is 1. The van der Waals surface area contributed by atoms with Gasteiger partial charge in [0.25, 0.3) is 5.91 Å². The summed E-state index contributed by atoms with van der Waals surface area (Å²) in [6.07, 6.45) is 0. The summed E-state index contributed by atoms with van der Waals surface area (Å²) in [6, 6.07) is 21.1. The molecule has 3 aromatic rings. The fourth-order valence-corrected chi connectivity index (χ4v) is 2.85. The summed E-state index contributed by atoms with van der Waals surface area (Å²) in [5.74, 6) is 0.000919. The van der Waals surface area contributed by atoms with E-state index in [0.29, 0.717) is 5.56 Å². The highest BCUT2D eigenvalue weighted by Gasteiger charge is 2.19. The van der Waals surface area contributed by atoms with E-state index in [0.717, 1.165) is 22.4 Å². The topological polar surface area (TPSA) is 38.3 Å². The molecule has 132 valence electrons. The smallest absolute Gasteiger partial charge is 0.252 e. The first kappa shape index (κ1) is 17.7. The van der Waals surface area contributed by atoms with Crippen LogP contribution in [0.15, 0.2) is 72.8 Å². The van der Waals surface area contributed by atoms with Crippen LogP contribution in [0, 0.1) is 12.7 Å². The number of amides is 1. The van der Waals surface area contributed by atoms with Gasteiger partial charge in [-0.15, -0.1) is 0 Å². The second-order valence-corrected chi connectivity index (χ2v) is 6.05. The van der Waals surface area contributed by atoms with E-state index >= 15 is 0 Å². The number of halogens is 1. The summed E-state index contributed by atoms with van der Waals surface area (Å²) >= 11 is 0. The minimum absolute atomic E-state index is 0.313. The Balaban J connectivity index is 1.95. The van der Waals surface area contributed by atoms with Gasteiger partial charge in [0.15, 0.2) is 0 Å². The molecule has 0 aliphatic heterocycles. The molecule has 0 bridgehead atoms. The molecule has 1 unspecified atom stereocenters. The summed E-state index contributed by atoms with van der Waals surface area (Å²) in [5.41, 5.74) is 2.92. The van der Waals surface area contributed by atoms with Gasteiger partial charge in [-0.2, -0.15) is 0 Å². The van der Waals surface area contributed by atoms with Gasteiger partial charge in [-0.1, -0.05) is 48.5 Å². The van der Waals surface area contributed by atoms with Gasteiger partial charge in [0, 0.05) is 5.56 Å². The Morgan fingerprint density at radius 1 is 0.962 bits per heavy atom. The van der Waals surface area contributed by atoms with Crippen LogP contribution in [0.5, 0.6) is 5.75 Å². The average molecular weight is 349 g/mol. The number of aryl methyl sites for hydroxylation is 1. The lowest BCUT2D eigenvalue weighted by Crippen LogP contribution is -2.30. The van der Waals surface area contributed by atoms with E-state index in [1.165, 1.54) is 12.1 Å². The third kappa shape index (κ3) is 3.91. The predicted molar refractivity (Wildman–Crippen MR) is 99.9 cm³/mol. The van der Waals surface area contributed by atoms with Crippen molar-refractivity contribution in [2.24, 2.45) is 0 Å². The molecule has 0 fully saturated rings. The fourth-order valence-electron chi connectivity index (χ4n) is 2.85. The molecule has 0 aliphatic rings. The Kier molecular flexibility index (Phi) is 5.32. The maximum Gasteiger partial charge on any atom is 0.252 e. The number of rotatable bonds is 5. The van der Waals surface area contributed by atoms with Gasteiger partial charge in [0.05, 0.1) is 13.2 Å². The van der Waals surface area contributed by atoms with E-state index in [9.17, 15) is 9.18 Å². The molecule has 1 amide bonds. The van der Waals surface area contributed by atoms with Crippen LogP contribution in [-0.4, -0.2) is 13.0 Å². The zero-order valence-electron chi connectivity index (χ0n) is 14.7. The number of nitrogens with one attached hydrogen (secondary N) is 1. The lowest BCUT2D eigenvalue weighted by atomic mass is 9.97. The van der Waals surface area contributed by atoms with Crippen molar-refractivity contribution in [1.29, 1.82) is 0 Å². The number of hydrogen-bond donors (Lipinski definition) is 1. The highest BCUT2D eigenvalue weighted by Crippen LogP contribution is 2.25. The molecule has 0 aliphatic carbocycles. The van der Waals surface area contributed by atoms with E-state index in [2.05, 4.69) is 5.32 Å². The summed E-state index contributed by atoms with van der Waals surface area (Å²) in [7, 11) is 1.61. The quantitative estimate of drug-likeness (QED) is 0.727. The molecule has 1 N–H and O–H groups in total.